The summed E-state index contributed by atoms with van der Waals surface area (Å²) >= 11 is 11.9. The lowest BCUT2D eigenvalue weighted by molar-refractivity contribution is -0.142. The molecule has 0 aliphatic rings. The normalized spacial score (nSPS) is 12.9. The Morgan fingerprint density at radius 1 is 0.903 bits per heavy atom. The molecular formula is C22H24Cl2N2O5. The van der Waals surface area contributed by atoms with Crippen LogP contribution in [0, 0.1) is 5.92 Å². The molecule has 0 spiro atoms. The fourth-order valence-corrected chi connectivity index (χ4v) is 3.56. The minimum absolute atomic E-state index is 0.0724. The molecule has 0 aliphatic carbocycles. The number of aliphatic carboxylic acids is 2. The van der Waals surface area contributed by atoms with Crippen LogP contribution in [0.1, 0.15) is 36.2 Å². The molecule has 0 fully saturated rings. The first-order chi connectivity index (χ1) is 14.5. The van der Waals surface area contributed by atoms with Crippen molar-refractivity contribution in [1.29, 1.82) is 0 Å². The predicted molar refractivity (Wildman–Crippen MR) is 120 cm³/mol. The van der Waals surface area contributed by atoms with Gasteiger partial charge >= 0.3 is 11.9 Å². The Labute approximate surface area is 190 Å². The molecule has 0 heterocycles. The summed E-state index contributed by atoms with van der Waals surface area (Å²) in [6.45, 7) is 3.74. The van der Waals surface area contributed by atoms with E-state index in [1.54, 1.807) is 42.5 Å². The average molecular weight is 467 g/mol. The fraction of sp³-hybridized carbons (Fsp3) is 0.318. The molecule has 0 radical (unpaired) electrons. The van der Waals surface area contributed by atoms with Gasteiger partial charge in [-0.2, -0.15) is 0 Å². The van der Waals surface area contributed by atoms with Crippen LogP contribution >= 0.6 is 23.2 Å². The standard InChI is InChI=1S/C22H24Cl2N2O5/c1-12(2)7-18(21(28)29)26-19(22(30)31)8-13-3-5-14(6-4-13)20(27)25-17-10-15(23)9-16(24)11-17/h3-6,9-12,18-19,26H,7-8H2,1-2H3,(H,25,27)(H,28,29)(H,30,31)/t18-,19-/m0/s1. The molecule has 31 heavy (non-hydrogen) atoms. The number of rotatable bonds is 10. The lowest BCUT2D eigenvalue weighted by Gasteiger charge is -2.21. The highest BCUT2D eigenvalue weighted by Gasteiger charge is 2.26. The summed E-state index contributed by atoms with van der Waals surface area (Å²) < 4.78 is 0. The Kier molecular flexibility index (Phi) is 8.86. The van der Waals surface area contributed by atoms with E-state index in [-0.39, 0.29) is 18.2 Å². The number of hydrogen-bond acceptors (Lipinski definition) is 4. The number of carbonyl (C=O) groups is 3. The van der Waals surface area contributed by atoms with Gasteiger partial charge in [-0.25, -0.2) is 0 Å². The summed E-state index contributed by atoms with van der Waals surface area (Å²) in [5, 5.41) is 25.1. The molecular weight excluding hydrogens is 443 g/mol. The summed E-state index contributed by atoms with van der Waals surface area (Å²) in [5.74, 6) is -2.52. The number of amides is 1. The highest BCUT2D eigenvalue weighted by Crippen LogP contribution is 2.23. The van der Waals surface area contributed by atoms with Crippen molar-refractivity contribution in [2.24, 2.45) is 5.92 Å². The molecule has 0 aliphatic heterocycles. The summed E-state index contributed by atoms with van der Waals surface area (Å²) in [6.07, 6.45) is 0.384. The molecule has 7 nitrogen and oxygen atoms in total. The Hall–Kier alpha value is -2.61. The zero-order chi connectivity index (χ0) is 23.1. The second-order valence-corrected chi connectivity index (χ2v) is 8.46. The van der Waals surface area contributed by atoms with E-state index in [4.69, 9.17) is 23.2 Å². The van der Waals surface area contributed by atoms with E-state index in [0.717, 1.165) is 0 Å². The monoisotopic (exact) mass is 466 g/mol. The number of nitrogens with one attached hydrogen (secondary N) is 2. The molecule has 2 aromatic carbocycles. The predicted octanol–water partition coefficient (Wildman–Crippen LogP) is 4.33. The molecule has 2 atom stereocenters. The maximum absolute atomic E-state index is 12.4. The topological polar surface area (TPSA) is 116 Å². The Balaban J connectivity index is 2.07. The van der Waals surface area contributed by atoms with Crippen LogP contribution in [0.3, 0.4) is 0 Å². The van der Waals surface area contributed by atoms with E-state index >= 15 is 0 Å². The summed E-state index contributed by atoms with van der Waals surface area (Å²) in [6, 6.07) is 9.06. The Morgan fingerprint density at radius 2 is 1.45 bits per heavy atom. The third kappa shape index (κ3) is 7.86. The van der Waals surface area contributed by atoms with Crippen LogP contribution in [0.2, 0.25) is 10.0 Å². The van der Waals surface area contributed by atoms with Crippen LogP contribution in [0.25, 0.3) is 0 Å². The number of carboxylic acid groups (broad SMARTS) is 2. The van der Waals surface area contributed by atoms with Crippen molar-refractivity contribution in [3.8, 4) is 0 Å². The highest BCUT2D eigenvalue weighted by atomic mass is 35.5. The molecule has 0 bridgehead atoms. The smallest absolute Gasteiger partial charge is 0.321 e. The van der Waals surface area contributed by atoms with Gasteiger partial charge in [-0.15, -0.1) is 0 Å². The third-order valence-electron chi connectivity index (χ3n) is 4.48. The van der Waals surface area contributed by atoms with Gasteiger partial charge < -0.3 is 15.5 Å². The van der Waals surface area contributed by atoms with Gasteiger partial charge in [0, 0.05) is 21.3 Å². The van der Waals surface area contributed by atoms with Crippen LogP contribution < -0.4 is 10.6 Å². The first-order valence-electron chi connectivity index (χ1n) is 9.63. The maximum Gasteiger partial charge on any atom is 0.321 e. The van der Waals surface area contributed by atoms with Gasteiger partial charge in [-0.05, 0) is 54.7 Å². The van der Waals surface area contributed by atoms with Gasteiger partial charge in [-0.1, -0.05) is 49.2 Å². The largest absolute Gasteiger partial charge is 0.480 e. The highest BCUT2D eigenvalue weighted by molar-refractivity contribution is 6.35. The molecule has 2 aromatic rings. The molecule has 0 saturated carbocycles. The van der Waals surface area contributed by atoms with Gasteiger partial charge in [0.15, 0.2) is 0 Å². The Bertz CT molecular complexity index is 927. The first kappa shape index (κ1) is 24.7. The quantitative estimate of drug-likeness (QED) is 0.414. The van der Waals surface area contributed by atoms with E-state index in [0.29, 0.717) is 33.3 Å². The maximum atomic E-state index is 12.4. The number of hydrogen-bond donors (Lipinski definition) is 4. The summed E-state index contributed by atoms with van der Waals surface area (Å²) in [4.78, 5) is 35.5. The van der Waals surface area contributed by atoms with Crippen molar-refractivity contribution in [3.05, 3.63) is 63.6 Å². The van der Waals surface area contributed by atoms with Gasteiger partial charge in [0.1, 0.15) is 12.1 Å². The van der Waals surface area contributed by atoms with Gasteiger partial charge in [0.2, 0.25) is 0 Å². The van der Waals surface area contributed by atoms with Crippen molar-refractivity contribution < 1.29 is 24.6 Å². The van der Waals surface area contributed by atoms with Gasteiger partial charge in [-0.3, -0.25) is 19.7 Å². The van der Waals surface area contributed by atoms with Crippen LogP contribution in [-0.2, 0) is 16.0 Å². The third-order valence-corrected chi connectivity index (χ3v) is 4.92. The average Bonchev–Trinajstić information content (AvgIpc) is 2.65. The van der Waals surface area contributed by atoms with Crippen LogP contribution in [0.5, 0.6) is 0 Å². The van der Waals surface area contributed by atoms with E-state index < -0.39 is 24.0 Å². The summed E-state index contributed by atoms with van der Waals surface area (Å²) in [7, 11) is 0. The zero-order valence-corrected chi connectivity index (χ0v) is 18.6. The van der Waals surface area contributed by atoms with E-state index in [9.17, 15) is 24.6 Å². The molecule has 1 amide bonds. The number of anilines is 1. The lowest BCUT2D eigenvalue weighted by Crippen LogP contribution is -2.48. The van der Waals surface area contributed by atoms with E-state index in [1.807, 2.05) is 13.8 Å². The molecule has 0 unspecified atom stereocenters. The van der Waals surface area contributed by atoms with E-state index in [2.05, 4.69) is 10.6 Å². The SMILES string of the molecule is CC(C)C[C@H](N[C@@H](Cc1ccc(C(=O)Nc2cc(Cl)cc(Cl)c2)cc1)C(=O)O)C(=O)O. The second kappa shape index (κ2) is 11.1. The molecule has 0 aromatic heterocycles. The van der Waals surface area contributed by atoms with Crippen LogP contribution in [0.4, 0.5) is 5.69 Å². The van der Waals surface area contributed by atoms with Gasteiger partial charge in [0.25, 0.3) is 5.91 Å². The van der Waals surface area contributed by atoms with Crippen molar-refractivity contribution in [3.63, 3.8) is 0 Å². The minimum Gasteiger partial charge on any atom is -0.480 e. The number of halogens is 2. The van der Waals surface area contributed by atoms with Crippen molar-refractivity contribution in [1.82, 2.24) is 5.32 Å². The van der Waals surface area contributed by atoms with Crippen molar-refractivity contribution in [2.45, 2.75) is 38.8 Å². The molecule has 9 heteroatoms. The number of benzene rings is 2. The van der Waals surface area contributed by atoms with Crippen LogP contribution in [-0.4, -0.2) is 40.1 Å². The summed E-state index contributed by atoms with van der Waals surface area (Å²) in [5.41, 5.74) is 1.46. The van der Waals surface area contributed by atoms with E-state index in [1.165, 1.54) is 0 Å². The number of carbonyl (C=O) groups excluding carboxylic acids is 1. The van der Waals surface area contributed by atoms with Crippen molar-refractivity contribution >= 4 is 46.7 Å². The van der Waals surface area contributed by atoms with Gasteiger partial charge in [0.05, 0.1) is 0 Å². The zero-order valence-electron chi connectivity index (χ0n) is 17.1. The second-order valence-electron chi connectivity index (χ2n) is 7.59. The molecule has 4 N–H and O–H groups in total. The molecule has 0 saturated heterocycles. The molecule has 166 valence electrons. The minimum atomic E-state index is -1.14. The fourth-order valence-electron chi connectivity index (χ4n) is 3.03. The molecule has 2 rings (SSSR count). The Morgan fingerprint density at radius 3 is 1.94 bits per heavy atom. The van der Waals surface area contributed by atoms with Crippen LogP contribution in [0.15, 0.2) is 42.5 Å². The first-order valence-corrected chi connectivity index (χ1v) is 10.4. The van der Waals surface area contributed by atoms with Crippen molar-refractivity contribution in [2.75, 3.05) is 5.32 Å². The lowest BCUT2D eigenvalue weighted by atomic mass is 10.00. The number of carboxylic acids is 2.